The van der Waals surface area contributed by atoms with Crippen LogP contribution in [0.4, 0.5) is 0 Å². The zero-order valence-electron chi connectivity index (χ0n) is 15.3. The Kier molecular flexibility index (Phi) is 5.22. The monoisotopic (exact) mass is 393 g/mol. The van der Waals surface area contributed by atoms with Crippen LogP contribution in [0.15, 0.2) is 35.4 Å². The van der Waals surface area contributed by atoms with Crippen LogP contribution >= 0.6 is 0 Å². The summed E-state index contributed by atoms with van der Waals surface area (Å²) in [6.45, 7) is 2.12. The summed E-state index contributed by atoms with van der Waals surface area (Å²) >= 11 is 0. The second-order valence-corrected chi connectivity index (χ2v) is 8.38. The highest BCUT2D eigenvalue weighted by Gasteiger charge is 2.35. The van der Waals surface area contributed by atoms with Crippen LogP contribution in [0.3, 0.4) is 0 Å². The summed E-state index contributed by atoms with van der Waals surface area (Å²) in [5.41, 5.74) is 6.07. The van der Waals surface area contributed by atoms with Gasteiger partial charge in [0.15, 0.2) is 6.04 Å². The minimum absolute atomic E-state index is 0.00183. The maximum absolute atomic E-state index is 12.9. The normalized spacial score (nSPS) is 17.2. The van der Waals surface area contributed by atoms with Crippen molar-refractivity contribution in [2.24, 2.45) is 12.8 Å². The van der Waals surface area contributed by atoms with E-state index < -0.39 is 27.9 Å². The Morgan fingerprint density at radius 3 is 2.41 bits per heavy atom. The number of likely N-dealkylation sites (N-methyl/N-ethyl adjacent to an activating group) is 1. The van der Waals surface area contributed by atoms with E-state index in [1.54, 1.807) is 36.0 Å². The molecule has 1 aromatic carbocycles. The van der Waals surface area contributed by atoms with E-state index in [1.807, 2.05) is 11.9 Å². The van der Waals surface area contributed by atoms with E-state index in [0.29, 0.717) is 31.6 Å². The number of nitrogens with zero attached hydrogens (tertiary/aromatic N) is 3. The number of amides is 2. The summed E-state index contributed by atoms with van der Waals surface area (Å²) in [5, 5.41) is 0.503. The van der Waals surface area contributed by atoms with Crippen LogP contribution in [0, 0.1) is 0 Å². The number of hydrogen-bond acceptors (Lipinski definition) is 5. The molecule has 0 unspecified atom stereocenters. The Balaban J connectivity index is 1.89. The number of carbonyl (C=O) groups is 2. The third kappa shape index (κ3) is 3.82. The Bertz CT molecular complexity index is 976. The standard InChI is InChI=1S/C17H23N5O4S/c1-20-8-10-22(11-9-20)17(24)15(16(18)23)19-27(25,26)14-5-3-4-13-12(14)6-7-21(13)2/h3-7,15,19H,8-11H2,1-2H3,(H2,18,23)/t15-/m0/s1. The topological polar surface area (TPSA) is 118 Å². The number of aromatic nitrogens is 1. The lowest BCUT2D eigenvalue weighted by Gasteiger charge is -2.34. The molecule has 1 aliphatic heterocycles. The van der Waals surface area contributed by atoms with Crippen molar-refractivity contribution in [3.05, 3.63) is 30.5 Å². The fourth-order valence-electron chi connectivity index (χ4n) is 3.17. The number of hydrogen-bond donors (Lipinski definition) is 2. The lowest BCUT2D eigenvalue weighted by Crippen LogP contribution is -2.58. The van der Waals surface area contributed by atoms with Crippen LogP contribution in [-0.2, 0) is 26.7 Å². The quantitative estimate of drug-likeness (QED) is 0.638. The van der Waals surface area contributed by atoms with Crippen molar-refractivity contribution in [1.29, 1.82) is 0 Å². The SMILES string of the molecule is CN1CCN(C(=O)[C@@H](NS(=O)(=O)c2cccc3c2ccn3C)C(N)=O)CC1. The third-order valence-corrected chi connectivity index (χ3v) is 6.28. The van der Waals surface area contributed by atoms with E-state index in [1.165, 1.54) is 11.0 Å². The molecule has 146 valence electrons. The number of rotatable bonds is 5. The average molecular weight is 393 g/mol. The molecule has 1 atom stereocenters. The summed E-state index contributed by atoms with van der Waals surface area (Å²) < 4.78 is 29.8. The van der Waals surface area contributed by atoms with Gasteiger partial charge in [-0.2, -0.15) is 4.72 Å². The maximum Gasteiger partial charge on any atom is 0.250 e. The summed E-state index contributed by atoms with van der Waals surface area (Å²) in [7, 11) is -0.406. The van der Waals surface area contributed by atoms with E-state index in [2.05, 4.69) is 4.72 Å². The largest absolute Gasteiger partial charge is 0.368 e. The van der Waals surface area contributed by atoms with Gasteiger partial charge in [-0.05, 0) is 25.2 Å². The Labute approximate surface area is 157 Å². The van der Waals surface area contributed by atoms with Crippen LogP contribution < -0.4 is 10.5 Å². The highest BCUT2D eigenvalue weighted by atomic mass is 32.2. The van der Waals surface area contributed by atoms with Crippen molar-refractivity contribution >= 4 is 32.7 Å². The van der Waals surface area contributed by atoms with Crippen LogP contribution in [0.2, 0.25) is 0 Å². The number of primary amides is 1. The molecule has 0 saturated carbocycles. The summed E-state index contributed by atoms with van der Waals surface area (Å²) in [4.78, 5) is 28.1. The van der Waals surface area contributed by atoms with Crippen molar-refractivity contribution < 1.29 is 18.0 Å². The number of carbonyl (C=O) groups excluding carboxylic acids is 2. The summed E-state index contributed by atoms with van der Waals surface area (Å²) in [6.07, 6.45) is 1.74. The lowest BCUT2D eigenvalue weighted by molar-refractivity contribution is -0.138. The first-order valence-corrected chi connectivity index (χ1v) is 10.0. The van der Waals surface area contributed by atoms with E-state index in [0.717, 1.165) is 5.52 Å². The maximum atomic E-state index is 12.9. The third-order valence-electron chi connectivity index (χ3n) is 4.80. The molecule has 1 saturated heterocycles. The van der Waals surface area contributed by atoms with Crippen LogP contribution in [0.5, 0.6) is 0 Å². The number of sulfonamides is 1. The summed E-state index contributed by atoms with van der Waals surface area (Å²) in [6, 6.07) is 4.86. The number of piperazine rings is 1. The molecule has 2 heterocycles. The number of benzene rings is 1. The van der Waals surface area contributed by atoms with Gasteiger partial charge in [0.05, 0.1) is 4.90 Å². The smallest absolute Gasteiger partial charge is 0.250 e. The zero-order valence-corrected chi connectivity index (χ0v) is 16.1. The number of aryl methyl sites for hydroxylation is 1. The van der Waals surface area contributed by atoms with Gasteiger partial charge in [0.2, 0.25) is 15.9 Å². The highest BCUT2D eigenvalue weighted by Crippen LogP contribution is 2.23. The van der Waals surface area contributed by atoms with Gasteiger partial charge >= 0.3 is 0 Å². The molecule has 0 radical (unpaired) electrons. The Hall–Kier alpha value is -2.43. The molecular formula is C17H23N5O4S. The van der Waals surface area contributed by atoms with Gasteiger partial charge < -0.3 is 20.1 Å². The first kappa shape index (κ1) is 19.3. The zero-order chi connectivity index (χ0) is 19.8. The van der Waals surface area contributed by atoms with Gasteiger partial charge in [0.25, 0.3) is 5.91 Å². The molecule has 0 aliphatic carbocycles. The van der Waals surface area contributed by atoms with Crippen molar-refractivity contribution in [2.75, 3.05) is 33.2 Å². The molecule has 2 aromatic rings. The van der Waals surface area contributed by atoms with E-state index in [-0.39, 0.29) is 4.90 Å². The van der Waals surface area contributed by atoms with Crippen molar-refractivity contribution in [3.8, 4) is 0 Å². The molecule has 10 heteroatoms. The van der Waals surface area contributed by atoms with Crippen molar-refractivity contribution in [3.63, 3.8) is 0 Å². The van der Waals surface area contributed by atoms with Gasteiger partial charge in [-0.1, -0.05) is 6.07 Å². The van der Waals surface area contributed by atoms with Gasteiger partial charge in [-0.3, -0.25) is 9.59 Å². The summed E-state index contributed by atoms with van der Waals surface area (Å²) in [5.74, 6) is -1.65. The molecule has 2 amide bonds. The lowest BCUT2D eigenvalue weighted by atomic mass is 10.2. The number of fused-ring (bicyclic) bond motifs is 1. The predicted molar refractivity (Wildman–Crippen MR) is 100 cm³/mol. The van der Waals surface area contributed by atoms with Gasteiger partial charge in [0.1, 0.15) is 0 Å². The molecule has 0 spiro atoms. The van der Waals surface area contributed by atoms with E-state index >= 15 is 0 Å². The van der Waals surface area contributed by atoms with Crippen LogP contribution in [-0.4, -0.2) is 73.9 Å². The van der Waals surface area contributed by atoms with E-state index in [4.69, 9.17) is 5.73 Å². The fraction of sp³-hybridized carbons (Fsp3) is 0.412. The molecule has 1 aliphatic rings. The van der Waals surface area contributed by atoms with Crippen LogP contribution in [0.25, 0.3) is 10.9 Å². The highest BCUT2D eigenvalue weighted by molar-refractivity contribution is 7.89. The molecule has 3 N–H and O–H groups in total. The second-order valence-electron chi connectivity index (χ2n) is 6.70. The molecule has 9 nitrogen and oxygen atoms in total. The van der Waals surface area contributed by atoms with Crippen LogP contribution in [0.1, 0.15) is 0 Å². The predicted octanol–water partition coefficient (Wildman–Crippen LogP) is -0.915. The number of nitrogens with two attached hydrogens (primary N) is 1. The molecule has 3 rings (SSSR count). The van der Waals surface area contributed by atoms with Gasteiger partial charge in [-0.25, -0.2) is 8.42 Å². The fourth-order valence-corrected chi connectivity index (χ4v) is 4.54. The first-order valence-electron chi connectivity index (χ1n) is 8.54. The molecule has 1 aromatic heterocycles. The van der Waals surface area contributed by atoms with Gasteiger partial charge in [0, 0.05) is 50.3 Å². The Morgan fingerprint density at radius 1 is 1.11 bits per heavy atom. The molecular weight excluding hydrogens is 370 g/mol. The molecule has 0 bridgehead atoms. The minimum atomic E-state index is -4.13. The Morgan fingerprint density at radius 2 is 1.78 bits per heavy atom. The second kappa shape index (κ2) is 7.29. The first-order chi connectivity index (χ1) is 12.7. The molecule has 27 heavy (non-hydrogen) atoms. The molecule has 1 fully saturated rings. The van der Waals surface area contributed by atoms with E-state index in [9.17, 15) is 18.0 Å². The van der Waals surface area contributed by atoms with Gasteiger partial charge in [-0.15, -0.1) is 0 Å². The average Bonchev–Trinajstić information content (AvgIpc) is 3.01. The minimum Gasteiger partial charge on any atom is -0.368 e. The van der Waals surface area contributed by atoms with Crippen molar-refractivity contribution in [2.45, 2.75) is 10.9 Å². The number of nitrogens with one attached hydrogen (secondary N) is 1. The van der Waals surface area contributed by atoms with Crippen molar-refractivity contribution in [1.82, 2.24) is 19.1 Å².